The third kappa shape index (κ3) is 4.34. The number of amides is 1. The van der Waals surface area contributed by atoms with Gasteiger partial charge in [0.25, 0.3) is 0 Å². The van der Waals surface area contributed by atoms with Crippen LogP contribution in [-0.2, 0) is 6.42 Å². The van der Waals surface area contributed by atoms with Gasteiger partial charge in [-0.1, -0.05) is 25.1 Å². The largest absolute Gasteiger partial charge is 0.491 e. The molecule has 0 fully saturated rings. The molecule has 7 heteroatoms. The van der Waals surface area contributed by atoms with E-state index in [1.807, 2.05) is 13.0 Å². The van der Waals surface area contributed by atoms with E-state index in [9.17, 15) is 22.4 Å². The van der Waals surface area contributed by atoms with Crippen LogP contribution in [0.5, 0.6) is 5.75 Å². The van der Waals surface area contributed by atoms with Gasteiger partial charge in [-0.15, -0.1) is 17.6 Å². The number of para-hydroxylation sites is 1. The molecule has 0 heterocycles. The van der Waals surface area contributed by atoms with Crippen molar-refractivity contribution in [1.82, 2.24) is 4.90 Å². The molecular formula is C14H17F4NO2. The molecule has 21 heavy (non-hydrogen) atoms. The van der Waals surface area contributed by atoms with Crippen LogP contribution in [0.15, 0.2) is 18.2 Å². The fourth-order valence-corrected chi connectivity index (χ4v) is 2.00. The molecule has 0 spiro atoms. The van der Waals surface area contributed by atoms with Crippen molar-refractivity contribution in [2.45, 2.75) is 39.5 Å². The second-order valence-electron chi connectivity index (χ2n) is 4.67. The van der Waals surface area contributed by atoms with Crippen LogP contribution < -0.4 is 4.74 Å². The average Bonchev–Trinajstić information content (AvgIpc) is 2.34. The van der Waals surface area contributed by atoms with Crippen LogP contribution in [0.2, 0.25) is 0 Å². The minimum atomic E-state index is -5.08. The van der Waals surface area contributed by atoms with Crippen LogP contribution in [0.4, 0.5) is 22.4 Å². The maximum Gasteiger partial charge on any atom is 0.489 e. The summed E-state index contributed by atoms with van der Waals surface area (Å²) in [6, 6.07) is 3.92. The number of hydrogen-bond donors (Lipinski definition) is 0. The molecule has 0 aliphatic carbocycles. The zero-order chi connectivity index (χ0) is 16.2. The lowest BCUT2D eigenvalue weighted by Crippen LogP contribution is -2.48. The van der Waals surface area contributed by atoms with Crippen molar-refractivity contribution in [3.8, 4) is 5.75 Å². The minimum Gasteiger partial charge on any atom is -0.491 e. The third-order valence-corrected chi connectivity index (χ3v) is 3.05. The maximum absolute atomic E-state index is 12.6. The van der Waals surface area contributed by atoms with Gasteiger partial charge in [-0.05, 0) is 31.4 Å². The van der Waals surface area contributed by atoms with E-state index < -0.39 is 30.0 Å². The summed E-state index contributed by atoms with van der Waals surface area (Å²) in [6.45, 7) is 4.28. The first-order valence-electron chi connectivity index (χ1n) is 6.45. The van der Waals surface area contributed by atoms with Crippen LogP contribution in [0.3, 0.4) is 0 Å². The minimum absolute atomic E-state index is 0.451. The highest BCUT2D eigenvalue weighted by molar-refractivity contribution is 5.66. The Kier molecular flexibility index (Phi) is 5.57. The number of nitrogens with zero attached hydrogens (tertiary/aromatic N) is 1. The van der Waals surface area contributed by atoms with Gasteiger partial charge in [-0.2, -0.15) is 0 Å². The summed E-state index contributed by atoms with van der Waals surface area (Å²) >= 11 is 0. The molecule has 1 aromatic rings. The molecule has 0 aliphatic heterocycles. The lowest BCUT2D eigenvalue weighted by atomic mass is 10.1. The summed E-state index contributed by atoms with van der Waals surface area (Å²) in [5.74, 6) is 0.472. The van der Waals surface area contributed by atoms with Gasteiger partial charge in [0, 0.05) is 0 Å². The van der Waals surface area contributed by atoms with Crippen LogP contribution >= 0.6 is 0 Å². The van der Waals surface area contributed by atoms with E-state index in [1.54, 1.807) is 19.1 Å². The van der Waals surface area contributed by atoms with E-state index in [0.29, 0.717) is 12.2 Å². The normalized spacial score (nSPS) is 12.9. The molecule has 0 aromatic heterocycles. The standard InChI is InChI=1S/C14H17F4NO2/c1-4-11-7-5-6-9(2)12(11)21-8-10(3)19(13(15)20)14(16,17)18/h5-7,10H,4,8H2,1-3H3. The molecule has 0 bridgehead atoms. The first kappa shape index (κ1) is 17.3. The third-order valence-electron chi connectivity index (χ3n) is 3.05. The number of alkyl halides is 3. The molecule has 1 rings (SSSR count). The van der Waals surface area contributed by atoms with Crippen molar-refractivity contribution in [3.63, 3.8) is 0 Å². The smallest absolute Gasteiger partial charge is 0.489 e. The van der Waals surface area contributed by atoms with Crippen molar-refractivity contribution in [3.05, 3.63) is 29.3 Å². The first-order chi connectivity index (χ1) is 9.68. The van der Waals surface area contributed by atoms with Gasteiger partial charge in [0.1, 0.15) is 12.4 Å². The molecular weight excluding hydrogens is 290 g/mol. The van der Waals surface area contributed by atoms with Gasteiger partial charge in [0.15, 0.2) is 0 Å². The Labute approximate surface area is 120 Å². The van der Waals surface area contributed by atoms with Gasteiger partial charge in [-0.25, -0.2) is 9.69 Å². The number of carbonyl (C=O) groups excluding carboxylic acids is 1. The zero-order valence-corrected chi connectivity index (χ0v) is 12.0. The van der Waals surface area contributed by atoms with Crippen LogP contribution in [0.1, 0.15) is 25.0 Å². The van der Waals surface area contributed by atoms with Gasteiger partial charge in [-0.3, -0.25) is 0 Å². The van der Waals surface area contributed by atoms with Crippen LogP contribution in [0, 0.1) is 6.92 Å². The molecule has 0 aliphatic rings. The Morgan fingerprint density at radius 2 is 2.00 bits per heavy atom. The summed E-state index contributed by atoms with van der Waals surface area (Å²) in [6.07, 6.45) is -6.97. The molecule has 0 radical (unpaired) electrons. The highest BCUT2D eigenvalue weighted by Crippen LogP contribution is 2.27. The Morgan fingerprint density at radius 1 is 1.38 bits per heavy atom. The van der Waals surface area contributed by atoms with Gasteiger partial charge in [0.05, 0.1) is 6.04 Å². The fourth-order valence-electron chi connectivity index (χ4n) is 2.00. The van der Waals surface area contributed by atoms with E-state index in [4.69, 9.17) is 4.74 Å². The van der Waals surface area contributed by atoms with Gasteiger partial charge >= 0.3 is 12.5 Å². The number of ether oxygens (including phenoxy) is 1. The lowest BCUT2D eigenvalue weighted by Gasteiger charge is -2.28. The Hall–Kier alpha value is -1.79. The molecule has 0 N–H and O–H groups in total. The predicted octanol–water partition coefficient (Wildman–Crippen LogP) is 4.24. The van der Waals surface area contributed by atoms with E-state index in [1.165, 1.54) is 0 Å². The SMILES string of the molecule is CCc1cccc(C)c1OCC(C)N(C(=O)F)C(F)(F)F. The van der Waals surface area contributed by atoms with Crippen molar-refractivity contribution in [2.75, 3.05) is 6.61 Å². The predicted molar refractivity (Wildman–Crippen MR) is 69.9 cm³/mol. The highest BCUT2D eigenvalue weighted by Gasteiger charge is 2.44. The van der Waals surface area contributed by atoms with Crippen molar-refractivity contribution in [2.24, 2.45) is 0 Å². The number of rotatable bonds is 5. The first-order valence-corrected chi connectivity index (χ1v) is 6.45. The Balaban J connectivity index is 2.86. The number of hydrogen-bond acceptors (Lipinski definition) is 2. The van der Waals surface area contributed by atoms with Crippen molar-refractivity contribution in [1.29, 1.82) is 0 Å². The lowest BCUT2D eigenvalue weighted by molar-refractivity contribution is -0.238. The second kappa shape index (κ2) is 6.78. The topological polar surface area (TPSA) is 29.5 Å². The Bertz CT molecular complexity index is 502. The van der Waals surface area contributed by atoms with E-state index in [0.717, 1.165) is 18.1 Å². The van der Waals surface area contributed by atoms with E-state index in [2.05, 4.69) is 0 Å². The summed E-state index contributed by atoms with van der Waals surface area (Å²) in [4.78, 5) is 9.74. The molecule has 118 valence electrons. The van der Waals surface area contributed by atoms with E-state index in [-0.39, 0.29) is 0 Å². The summed E-state index contributed by atoms with van der Waals surface area (Å²) < 4.78 is 55.7. The van der Waals surface area contributed by atoms with Crippen molar-refractivity contribution >= 4 is 6.16 Å². The highest BCUT2D eigenvalue weighted by atomic mass is 19.4. The summed E-state index contributed by atoms with van der Waals surface area (Å²) in [5.41, 5.74) is 1.61. The Morgan fingerprint density at radius 3 is 2.48 bits per heavy atom. The van der Waals surface area contributed by atoms with E-state index >= 15 is 0 Å². The summed E-state index contributed by atoms with van der Waals surface area (Å²) in [7, 11) is 0. The van der Waals surface area contributed by atoms with Crippen LogP contribution in [0.25, 0.3) is 0 Å². The quantitative estimate of drug-likeness (QED) is 0.463. The maximum atomic E-state index is 12.6. The van der Waals surface area contributed by atoms with Crippen LogP contribution in [-0.4, -0.2) is 30.0 Å². The average molecular weight is 307 g/mol. The molecule has 1 aromatic carbocycles. The molecule has 1 unspecified atom stereocenters. The monoisotopic (exact) mass is 307 g/mol. The molecule has 1 atom stereocenters. The molecule has 0 saturated carbocycles. The second-order valence-corrected chi connectivity index (χ2v) is 4.67. The number of benzene rings is 1. The molecule has 1 amide bonds. The fraction of sp³-hybridized carbons (Fsp3) is 0.500. The number of carbonyl (C=O) groups is 1. The van der Waals surface area contributed by atoms with Gasteiger partial charge in [0.2, 0.25) is 0 Å². The zero-order valence-electron chi connectivity index (χ0n) is 12.0. The van der Waals surface area contributed by atoms with Gasteiger partial charge < -0.3 is 4.74 Å². The number of aryl methyl sites for hydroxylation is 2. The summed E-state index contributed by atoms with van der Waals surface area (Å²) in [5, 5.41) is 0. The molecule has 3 nitrogen and oxygen atoms in total. The molecule has 0 saturated heterocycles. The van der Waals surface area contributed by atoms with Crippen molar-refractivity contribution < 1.29 is 27.1 Å². The number of halogens is 4.